The van der Waals surface area contributed by atoms with Gasteiger partial charge in [0.15, 0.2) is 0 Å². The summed E-state index contributed by atoms with van der Waals surface area (Å²) in [5.74, 6) is 0.462. The molecule has 0 atom stereocenters. The van der Waals surface area contributed by atoms with E-state index in [0.717, 1.165) is 12.2 Å². The summed E-state index contributed by atoms with van der Waals surface area (Å²) >= 11 is 0. The molecule has 0 fully saturated rings. The molecule has 0 aliphatic carbocycles. The average Bonchev–Trinajstić information content (AvgIpc) is 2.15. The molecule has 1 aliphatic heterocycles. The molecule has 0 unspecified atom stereocenters. The van der Waals surface area contributed by atoms with Crippen LogP contribution in [0.1, 0.15) is 13.8 Å². The lowest BCUT2D eigenvalue weighted by molar-refractivity contribution is 0.553. The minimum absolute atomic E-state index is 0.462. The molecule has 0 saturated heterocycles. The van der Waals surface area contributed by atoms with Crippen molar-refractivity contribution in [2.24, 2.45) is 15.9 Å². The minimum Gasteiger partial charge on any atom is -0.346 e. The van der Waals surface area contributed by atoms with Crippen LogP contribution in [0.25, 0.3) is 0 Å². The van der Waals surface area contributed by atoms with Crippen molar-refractivity contribution in [1.29, 1.82) is 0 Å². The van der Waals surface area contributed by atoms with Crippen molar-refractivity contribution < 1.29 is 0 Å². The number of nitrogens with zero attached hydrogens (tertiary/aromatic N) is 3. The average molecular weight is 177 g/mol. The van der Waals surface area contributed by atoms with Crippen molar-refractivity contribution in [3.8, 4) is 0 Å². The first-order chi connectivity index (χ1) is 6.24. The van der Waals surface area contributed by atoms with Gasteiger partial charge in [0.25, 0.3) is 0 Å². The molecular weight excluding hydrogens is 162 g/mol. The molecular formula is C10H15N3. The monoisotopic (exact) mass is 177 g/mol. The van der Waals surface area contributed by atoms with Crippen molar-refractivity contribution in [3.63, 3.8) is 0 Å². The first kappa shape index (κ1) is 9.71. The SMILES string of the molecule is C=N/C=C\N1C=C(C(C)C)N=CC1. The van der Waals surface area contributed by atoms with E-state index in [1.54, 1.807) is 6.20 Å². The van der Waals surface area contributed by atoms with Gasteiger partial charge >= 0.3 is 0 Å². The highest BCUT2D eigenvalue weighted by atomic mass is 15.1. The minimum atomic E-state index is 0.462. The maximum atomic E-state index is 4.30. The molecule has 1 heterocycles. The van der Waals surface area contributed by atoms with Crippen molar-refractivity contribution in [2.75, 3.05) is 6.54 Å². The Balaban J connectivity index is 2.66. The fourth-order valence-corrected chi connectivity index (χ4v) is 1.03. The standard InChI is InChI=1S/C10H15N3/c1-9(2)10-8-13(6-4-11-3)7-5-12-10/h4-6,8-9H,3,7H2,1-2H3/b6-4-. The van der Waals surface area contributed by atoms with Crippen LogP contribution >= 0.6 is 0 Å². The smallest absolute Gasteiger partial charge is 0.0587 e. The van der Waals surface area contributed by atoms with Crippen LogP contribution in [0.4, 0.5) is 0 Å². The summed E-state index contributed by atoms with van der Waals surface area (Å²) in [4.78, 5) is 9.99. The van der Waals surface area contributed by atoms with E-state index in [2.05, 4.69) is 30.5 Å². The predicted molar refractivity (Wildman–Crippen MR) is 56.8 cm³/mol. The fourth-order valence-electron chi connectivity index (χ4n) is 1.03. The zero-order valence-corrected chi connectivity index (χ0v) is 8.14. The highest BCUT2D eigenvalue weighted by Crippen LogP contribution is 2.14. The topological polar surface area (TPSA) is 28.0 Å². The Hall–Kier alpha value is -1.38. The number of hydrogen-bond acceptors (Lipinski definition) is 3. The fraction of sp³-hybridized carbons (Fsp3) is 0.400. The third-order valence-electron chi connectivity index (χ3n) is 1.79. The first-order valence-electron chi connectivity index (χ1n) is 4.36. The third kappa shape index (κ3) is 2.86. The Morgan fingerprint density at radius 1 is 1.69 bits per heavy atom. The van der Waals surface area contributed by atoms with Crippen LogP contribution in [-0.2, 0) is 0 Å². The van der Waals surface area contributed by atoms with Crippen molar-refractivity contribution >= 4 is 12.9 Å². The second kappa shape index (κ2) is 4.60. The van der Waals surface area contributed by atoms with Crippen LogP contribution in [0, 0.1) is 5.92 Å². The molecule has 0 aromatic carbocycles. The van der Waals surface area contributed by atoms with Crippen LogP contribution in [0.3, 0.4) is 0 Å². The molecule has 0 amide bonds. The van der Waals surface area contributed by atoms with E-state index in [1.165, 1.54) is 0 Å². The number of rotatable bonds is 3. The molecule has 0 radical (unpaired) electrons. The van der Waals surface area contributed by atoms with E-state index in [9.17, 15) is 0 Å². The molecule has 0 bridgehead atoms. The van der Waals surface area contributed by atoms with E-state index in [-0.39, 0.29) is 0 Å². The molecule has 3 heteroatoms. The van der Waals surface area contributed by atoms with Gasteiger partial charge in [0.1, 0.15) is 0 Å². The van der Waals surface area contributed by atoms with Crippen molar-refractivity contribution in [1.82, 2.24) is 4.90 Å². The van der Waals surface area contributed by atoms with Gasteiger partial charge in [0.2, 0.25) is 0 Å². The first-order valence-corrected chi connectivity index (χ1v) is 4.36. The lowest BCUT2D eigenvalue weighted by Crippen LogP contribution is -2.17. The zero-order chi connectivity index (χ0) is 9.68. The molecule has 0 aromatic heterocycles. The van der Waals surface area contributed by atoms with Gasteiger partial charge in [0, 0.05) is 24.8 Å². The van der Waals surface area contributed by atoms with Crippen molar-refractivity contribution in [2.45, 2.75) is 13.8 Å². The summed E-state index contributed by atoms with van der Waals surface area (Å²) in [6, 6.07) is 0. The number of allylic oxidation sites excluding steroid dienone is 1. The van der Waals surface area contributed by atoms with Crippen LogP contribution in [0.15, 0.2) is 34.3 Å². The third-order valence-corrected chi connectivity index (χ3v) is 1.79. The lowest BCUT2D eigenvalue weighted by atomic mass is 10.1. The quantitative estimate of drug-likeness (QED) is 0.606. The van der Waals surface area contributed by atoms with Crippen molar-refractivity contribution in [3.05, 3.63) is 24.3 Å². The van der Waals surface area contributed by atoms with Crippen LogP contribution in [0.2, 0.25) is 0 Å². The molecule has 0 saturated carbocycles. The summed E-state index contributed by atoms with van der Waals surface area (Å²) in [7, 11) is 0. The maximum absolute atomic E-state index is 4.30. The van der Waals surface area contributed by atoms with Gasteiger partial charge in [-0.1, -0.05) is 13.8 Å². The summed E-state index contributed by atoms with van der Waals surface area (Å²) < 4.78 is 0. The van der Waals surface area contributed by atoms with Crippen LogP contribution in [-0.4, -0.2) is 24.4 Å². The van der Waals surface area contributed by atoms with E-state index >= 15 is 0 Å². The second-order valence-corrected chi connectivity index (χ2v) is 3.20. The molecule has 3 nitrogen and oxygen atoms in total. The lowest BCUT2D eigenvalue weighted by Gasteiger charge is -2.19. The molecule has 70 valence electrons. The van der Waals surface area contributed by atoms with Gasteiger partial charge in [-0.25, -0.2) is 0 Å². The zero-order valence-electron chi connectivity index (χ0n) is 8.14. The Kier molecular flexibility index (Phi) is 3.43. The second-order valence-electron chi connectivity index (χ2n) is 3.20. The van der Waals surface area contributed by atoms with Gasteiger partial charge in [0.05, 0.1) is 12.2 Å². The van der Waals surface area contributed by atoms with Gasteiger partial charge < -0.3 is 4.90 Å². The van der Waals surface area contributed by atoms with E-state index in [0.29, 0.717) is 5.92 Å². The van der Waals surface area contributed by atoms with E-state index in [1.807, 2.05) is 23.5 Å². The van der Waals surface area contributed by atoms with Gasteiger partial charge in [-0.2, -0.15) is 0 Å². The van der Waals surface area contributed by atoms with Crippen LogP contribution in [0.5, 0.6) is 0 Å². The molecule has 1 aliphatic rings. The maximum Gasteiger partial charge on any atom is 0.0587 e. The van der Waals surface area contributed by atoms with Gasteiger partial charge in [-0.15, -0.1) is 0 Å². The predicted octanol–water partition coefficient (Wildman–Crippen LogP) is 2.04. The summed E-state index contributed by atoms with van der Waals surface area (Å²) in [6.45, 7) is 8.44. The summed E-state index contributed by atoms with van der Waals surface area (Å²) in [5, 5.41) is 0. The normalized spacial score (nSPS) is 16.8. The molecule has 0 aromatic rings. The Morgan fingerprint density at radius 3 is 3.08 bits per heavy atom. The highest BCUT2D eigenvalue weighted by molar-refractivity contribution is 5.63. The van der Waals surface area contributed by atoms with E-state index in [4.69, 9.17) is 0 Å². The molecule has 0 N–H and O–H groups in total. The van der Waals surface area contributed by atoms with E-state index < -0.39 is 0 Å². The number of hydrogen-bond donors (Lipinski definition) is 0. The van der Waals surface area contributed by atoms with Gasteiger partial charge in [-0.3, -0.25) is 9.98 Å². The molecule has 0 spiro atoms. The Labute approximate surface area is 79.2 Å². The molecule has 1 rings (SSSR count). The van der Waals surface area contributed by atoms with Gasteiger partial charge in [-0.05, 0) is 12.6 Å². The van der Waals surface area contributed by atoms with Crippen LogP contribution < -0.4 is 0 Å². The summed E-state index contributed by atoms with van der Waals surface area (Å²) in [6.07, 6.45) is 7.50. The Bertz CT molecular complexity index is 261. The largest absolute Gasteiger partial charge is 0.346 e. The number of aliphatic imine (C=N–C) groups is 2. The summed E-state index contributed by atoms with van der Waals surface area (Å²) in [5.41, 5.74) is 1.10. The highest BCUT2D eigenvalue weighted by Gasteiger charge is 2.06. The molecule has 13 heavy (non-hydrogen) atoms. The Morgan fingerprint density at radius 2 is 2.46 bits per heavy atom.